The summed E-state index contributed by atoms with van der Waals surface area (Å²) in [6.45, 7) is 1.81. The lowest BCUT2D eigenvalue weighted by molar-refractivity contribution is -0.384. The summed E-state index contributed by atoms with van der Waals surface area (Å²) in [5, 5.41) is 16.1. The van der Waals surface area contributed by atoms with Crippen LogP contribution in [-0.4, -0.2) is 23.5 Å². The fourth-order valence-corrected chi connectivity index (χ4v) is 2.99. The van der Waals surface area contributed by atoms with Crippen LogP contribution in [0.5, 0.6) is 0 Å². The van der Waals surface area contributed by atoms with Gasteiger partial charge in [0.05, 0.1) is 23.1 Å². The molecule has 2 aromatic carbocycles. The molecule has 28 heavy (non-hydrogen) atoms. The Kier molecular flexibility index (Phi) is 5.69. The third kappa shape index (κ3) is 4.35. The fraction of sp³-hybridized carbons (Fsp3) is 0.200. The van der Waals surface area contributed by atoms with E-state index in [1.807, 2.05) is 30.3 Å². The molecule has 0 aromatic heterocycles. The topological polar surface area (TPSA) is 111 Å². The quantitative estimate of drug-likeness (QED) is 0.454. The summed E-state index contributed by atoms with van der Waals surface area (Å²) in [5.74, 6) is -0.552. The number of allylic oxidation sites excluding steroid dienone is 1. The predicted molar refractivity (Wildman–Crippen MR) is 101 cm³/mol. The normalized spacial score (nSPS) is 16.2. The Hall–Kier alpha value is -3.68. The number of esters is 1. The molecule has 2 amide bonds. The molecular formula is C20H19N3O5. The van der Waals surface area contributed by atoms with Gasteiger partial charge in [0.15, 0.2) is 0 Å². The van der Waals surface area contributed by atoms with Crippen LogP contribution >= 0.6 is 0 Å². The predicted octanol–water partition coefficient (Wildman–Crippen LogP) is 3.01. The van der Waals surface area contributed by atoms with E-state index in [-0.39, 0.29) is 17.9 Å². The van der Waals surface area contributed by atoms with E-state index < -0.39 is 23.0 Å². The van der Waals surface area contributed by atoms with E-state index in [0.29, 0.717) is 17.7 Å². The van der Waals surface area contributed by atoms with Crippen LogP contribution in [0, 0.1) is 10.1 Å². The SMILES string of the molecule is CC1=C(C(=O)OCCc2ccccc2)[C@H](c2ccc([N+](=O)[O-])cc2)NC(=O)N1. The molecule has 1 atom stereocenters. The number of carbonyl (C=O) groups is 2. The van der Waals surface area contributed by atoms with E-state index in [1.165, 1.54) is 24.3 Å². The van der Waals surface area contributed by atoms with Gasteiger partial charge in [0.2, 0.25) is 0 Å². The third-order valence-electron chi connectivity index (χ3n) is 4.39. The van der Waals surface area contributed by atoms with Crippen LogP contribution in [0.25, 0.3) is 0 Å². The average Bonchev–Trinajstić information content (AvgIpc) is 2.68. The number of amides is 2. The molecule has 0 saturated heterocycles. The molecule has 0 aliphatic carbocycles. The van der Waals surface area contributed by atoms with Gasteiger partial charge in [-0.1, -0.05) is 30.3 Å². The molecule has 8 nitrogen and oxygen atoms in total. The Balaban J connectivity index is 1.77. The second kappa shape index (κ2) is 8.34. The molecule has 0 radical (unpaired) electrons. The van der Waals surface area contributed by atoms with Crippen molar-refractivity contribution in [3.8, 4) is 0 Å². The minimum Gasteiger partial charge on any atom is -0.462 e. The maximum absolute atomic E-state index is 12.7. The Morgan fingerprint density at radius 3 is 2.46 bits per heavy atom. The van der Waals surface area contributed by atoms with Crippen molar-refractivity contribution in [1.82, 2.24) is 10.6 Å². The zero-order valence-corrected chi connectivity index (χ0v) is 15.2. The Morgan fingerprint density at radius 2 is 1.82 bits per heavy atom. The van der Waals surface area contributed by atoms with Crippen molar-refractivity contribution in [2.24, 2.45) is 0 Å². The van der Waals surface area contributed by atoms with E-state index >= 15 is 0 Å². The molecule has 0 bridgehead atoms. The zero-order valence-electron chi connectivity index (χ0n) is 15.2. The summed E-state index contributed by atoms with van der Waals surface area (Å²) in [6, 6.07) is 14.1. The standard InChI is InChI=1S/C20H19N3O5/c1-13-17(19(24)28-12-11-14-5-3-2-4-6-14)18(22-20(25)21-13)15-7-9-16(10-8-15)23(26)27/h2-10,18H,11-12H2,1H3,(H2,21,22,25)/t18-/m0/s1. The van der Waals surface area contributed by atoms with Crippen molar-refractivity contribution in [2.45, 2.75) is 19.4 Å². The molecule has 1 aliphatic heterocycles. The molecule has 144 valence electrons. The van der Waals surface area contributed by atoms with E-state index in [1.54, 1.807) is 6.92 Å². The van der Waals surface area contributed by atoms with Gasteiger partial charge in [-0.05, 0) is 30.2 Å². The van der Waals surface area contributed by atoms with E-state index in [4.69, 9.17) is 4.74 Å². The third-order valence-corrected chi connectivity index (χ3v) is 4.39. The molecule has 3 rings (SSSR count). The highest BCUT2D eigenvalue weighted by Crippen LogP contribution is 2.28. The lowest BCUT2D eigenvalue weighted by Crippen LogP contribution is -2.45. The summed E-state index contributed by atoms with van der Waals surface area (Å²) in [7, 11) is 0. The summed E-state index contributed by atoms with van der Waals surface area (Å²) in [4.78, 5) is 34.9. The molecule has 0 saturated carbocycles. The van der Waals surface area contributed by atoms with Crippen molar-refractivity contribution in [1.29, 1.82) is 0 Å². The number of non-ortho nitro benzene ring substituents is 1. The summed E-state index contributed by atoms with van der Waals surface area (Å²) >= 11 is 0. The second-order valence-corrected chi connectivity index (χ2v) is 6.29. The molecule has 0 spiro atoms. The van der Waals surface area contributed by atoms with Crippen LogP contribution < -0.4 is 10.6 Å². The van der Waals surface area contributed by atoms with Gasteiger partial charge in [-0.2, -0.15) is 0 Å². The lowest BCUT2D eigenvalue weighted by atomic mass is 9.95. The number of nitrogens with one attached hydrogen (secondary N) is 2. The van der Waals surface area contributed by atoms with Crippen molar-refractivity contribution in [3.63, 3.8) is 0 Å². The molecular weight excluding hydrogens is 362 g/mol. The second-order valence-electron chi connectivity index (χ2n) is 6.29. The Morgan fingerprint density at radius 1 is 1.14 bits per heavy atom. The van der Waals surface area contributed by atoms with Crippen LogP contribution in [-0.2, 0) is 16.0 Å². The van der Waals surface area contributed by atoms with Crippen molar-refractivity contribution in [2.75, 3.05) is 6.61 Å². The molecule has 2 aromatic rings. The molecule has 1 heterocycles. The average molecular weight is 381 g/mol. The first-order valence-electron chi connectivity index (χ1n) is 8.69. The number of nitrogens with zero attached hydrogens (tertiary/aromatic N) is 1. The van der Waals surface area contributed by atoms with Gasteiger partial charge in [0.25, 0.3) is 5.69 Å². The number of hydrogen-bond donors (Lipinski definition) is 2. The molecule has 8 heteroatoms. The zero-order chi connectivity index (χ0) is 20.1. The minimum atomic E-state index is -0.751. The summed E-state index contributed by atoms with van der Waals surface area (Å²) in [6.07, 6.45) is 0.570. The number of nitro benzene ring substituents is 1. The number of rotatable bonds is 6. The van der Waals surface area contributed by atoms with Crippen LogP contribution in [0.3, 0.4) is 0 Å². The summed E-state index contributed by atoms with van der Waals surface area (Å²) in [5.41, 5.74) is 2.17. The van der Waals surface area contributed by atoms with Gasteiger partial charge < -0.3 is 15.4 Å². The first-order chi connectivity index (χ1) is 13.5. The number of urea groups is 1. The fourth-order valence-electron chi connectivity index (χ4n) is 2.99. The van der Waals surface area contributed by atoms with Gasteiger partial charge >= 0.3 is 12.0 Å². The van der Waals surface area contributed by atoms with Crippen molar-refractivity contribution < 1.29 is 19.2 Å². The Bertz CT molecular complexity index is 923. The smallest absolute Gasteiger partial charge is 0.338 e. The lowest BCUT2D eigenvalue weighted by Gasteiger charge is -2.28. The number of hydrogen-bond acceptors (Lipinski definition) is 5. The van der Waals surface area contributed by atoms with Crippen molar-refractivity contribution in [3.05, 3.63) is 87.1 Å². The van der Waals surface area contributed by atoms with Crippen LogP contribution in [0.2, 0.25) is 0 Å². The molecule has 0 fully saturated rings. The number of carbonyl (C=O) groups excluding carboxylic acids is 2. The highest BCUT2D eigenvalue weighted by Gasteiger charge is 2.32. The monoisotopic (exact) mass is 381 g/mol. The number of nitro groups is 1. The van der Waals surface area contributed by atoms with E-state index in [2.05, 4.69) is 10.6 Å². The number of ether oxygens (including phenoxy) is 1. The van der Waals surface area contributed by atoms with Crippen LogP contribution in [0.1, 0.15) is 24.1 Å². The van der Waals surface area contributed by atoms with Gasteiger partial charge in [-0.3, -0.25) is 10.1 Å². The van der Waals surface area contributed by atoms with Crippen LogP contribution in [0.15, 0.2) is 65.9 Å². The maximum atomic E-state index is 12.7. The van der Waals surface area contributed by atoms with Gasteiger partial charge in [0, 0.05) is 24.3 Å². The largest absolute Gasteiger partial charge is 0.462 e. The molecule has 1 aliphatic rings. The highest BCUT2D eigenvalue weighted by atomic mass is 16.6. The van der Waals surface area contributed by atoms with Gasteiger partial charge in [-0.25, -0.2) is 9.59 Å². The Labute approximate surface area is 161 Å². The highest BCUT2D eigenvalue weighted by molar-refractivity contribution is 5.95. The van der Waals surface area contributed by atoms with Crippen molar-refractivity contribution >= 4 is 17.7 Å². The molecule has 2 N–H and O–H groups in total. The van der Waals surface area contributed by atoms with Crippen LogP contribution in [0.4, 0.5) is 10.5 Å². The van der Waals surface area contributed by atoms with Gasteiger partial charge in [-0.15, -0.1) is 0 Å². The van der Waals surface area contributed by atoms with Gasteiger partial charge in [0.1, 0.15) is 0 Å². The van der Waals surface area contributed by atoms with E-state index in [9.17, 15) is 19.7 Å². The minimum absolute atomic E-state index is 0.0725. The summed E-state index contributed by atoms with van der Waals surface area (Å²) < 4.78 is 5.41. The molecule has 0 unspecified atom stereocenters. The van der Waals surface area contributed by atoms with E-state index in [0.717, 1.165) is 5.56 Å². The first kappa shape index (κ1) is 19.1. The number of benzene rings is 2. The first-order valence-corrected chi connectivity index (χ1v) is 8.69. The maximum Gasteiger partial charge on any atom is 0.338 e.